The molecule has 11 heteroatoms. The van der Waals surface area contributed by atoms with Gasteiger partial charge in [-0.1, -0.05) is 11.6 Å². The van der Waals surface area contributed by atoms with Crippen LogP contribution in [0.15, 0.2) is 22.6 Å². The highest BCUT2D eigenvalue weighted by molar-refractivity contribution is 6.31. The SMILES string of the molecule is CC(F)(F)OC1CC(c2nnc(C34CCC(CC(=O)C5CC(=O)c6cc(Cl)ccc6O5)(CC3)CO4)o2)C1. The van der Waals surface area contributed by atoms with E-state index in [2.05, 4.69) is 10.2 Å². The normalized spacial score (nSPS) is 33.0. The number of rotatable bonds is 7. The van der Waals surface area contributed by atoms with E-state index in [0.717, 1.165) is 19.8 Å². The summed E-state index contributed by atoms with van der Waals surface area (Å²) in [5, 5.41) is 8.85. The summed E-state index contributed by atoms with van der Waals surface area (Å²) in [5.74, 6) is 0.857. The summed E-state index contributed by atoms with van der Waals surface area (Å²) in [7, 11) is 0. The maximum Gasteiger partial charge on any atom is 0.353 e. The van der Waals surface area contributed by atoms with Gasteiger partial charge in [-0.05, 0) is 56.7 Å². The molecule has 2 aliphatic carbocycles. The number of halogens is 3. The topological polar surface area (TPSA) is 101 Å². The van der Waals surface area contributed by atoms with Gasteiger partial charge in [0.1, 0.15) is 11.4 Å². The lowest BCUT2D eigenvalue weighted by Crippen LogP contribution is -2.51. The molecule has 4 fully saturated rings. The van der Waals surface area contributed by atoms with Crippen molar-refractivity contribution in [1.82, 2.24) is 10.2 Å². The molecule has 37 heavy (non-hydrogen) atoms. The Labute approximate surface area is 217 Å². The van der Waals surface area contributed by atoms with Gasteiger partial charge in [-0.15, -0.1) is 10.2 Å². The molecule has 2 aromatic rings. The van der Waals surface area contributed by atoms with Gasteiger partial charge in [-0.3, -0.25) is 9.59 Å². The highest BCUT2D eigenvalue weighted by Crippen LogP contribution is 2.55. The first kappa shape index (κ1) is 24.9. The fourth-order valence-corrected chi connectivity index (χ4v) is 6.14. The lowest BCUT2D eigenvalue weighted by molar-refractivity contribution is -0.265. The Morgan fingerprint density at radius 1 is 1.22 bits per heavy atom. The zero-order valence-electron chi connectivity index (χ0n) is 20.3. The molecule has 1 unspecified atom stereocenters. The van der Waals surface area contributed by atoms with Crippen molar-refractivity contribution in [1.29, 1.82) is 0 Å². The van der Waals surface area contributed by atoms with Crippen LogP contribution < -0.4 is 4.74 Å². The van der Waals surface area contributed by atoms with Gasteiger partial charge in [-0.25, -0.2) is 0 Å². The highest BCUT2D eigenvalue weighted by atomic mass is 35.5. The Hall–Kier alpha value is -2.43. The third-order valence-corrected chi connectivity index (χ3v) is 8.45. The molecule has 8 nitrogen and oxygen atoms in total. The molecule has 0 radical (unpaired) electrons. The Morgan fingerprint density at radius 3 is 2.65 bits per heavy atom. The van der Waals surface area contributed by atoms with Gasteiger partial charge in [-0.2, -0.15) is 8.78 Å². The minimum absolute atomic E-state index is 0.000767. The molecule has 1 atom stereocenters. The first-order valence-corrected chi connectivity index (χ1v) is 13.0. The van der Waals surface area contributed by atoms with Crippen LogP contribution in [-0.2, 0) is 19.9 Å². The molecule has 0 N–H and O–H groups in total. The second-order valence-corrected chi connectivity index (χ2v) is 11.4. The van der Waals surface area contributed by atoms with Crippen molar-refractivity contribution >= 4 is 23.2 Å². The molecular weight excluding hydrogens is 510 g/mol. The Kier molecular flexibility index (Phi) is 5.93. The van der Waals surface area contributed by atoms with Gasteiger partial charge in [0, 0.05) is 29.7 Å². The molecule has 4 heterocycles. The van der Waals surface area contributed by atoms with Gasteiger partial charge in [0.05, 0.1) is 24.7 Å². The molecule has 5 aliphatic rings. The molecule has 1 aromatic heterocycles. The lowest BCUT2D eigenvalue weighted by atomic mass is 9.63. The van der Waals surface area contributed by atoms with E-state index >= 15 is 0 Å². The van der Waals surface area contributed by atoms with Crippen LogP contribution in [0.2, 0.25) is 5.02 Å². The second kappa shape index (κ2) is 8.81. The van der Waals surface area contributed by atoms with E-state index in [0.29, 0.717) is 60.4 Å². The number of hydrogen-bond acceptors (Lipinski definition) is 8. The minimum Gasteiger partial charge on any atom is -0.481 e. The van der Waals surface area contributed by atoms with Gasteiger partial charge in [0.15, 0.2) is 17.7 Å². The number of ether oxygens (including phenoxy) is 3. The number of benzene rings is 1. The molecule has 0 amide bonds. The van der Waals surface area contributed by atoms with Gasteiger partial charge < -0.3 is 18.6 Å². The van der Waals surface area contributed by atoms with Crippen LogP contribution in [0.4, 0.5) is 8.78 Å². The Balaban J connectivity index is 1.06. The summed E-state index contributed by atoms with van der Waals surface area (Å²) in [6.07, 6.45) is -0.650. The number of fused-ring (bicyclic) bond motifs is 4. The lowest BCUT2D eigenvalue weighted by Gasteiger charge is -2.51. The van der Waals surface area contributed by atoms with E-state index in [4.69, 9.17) is 30.2 Å². The van der Waals surface area contributed by atoms with E-state index in [9.17, 15) is 18.4 Å². The van der Waals surface area contributed by atoms with E-state index in [-0.39, 0.29) is 35.7 Å². The molecule has 2 bridgehead atoms. The standard InChI is InChI=1S/C26H27ClF2N2O6/c1-24(28,29)37-16-8-14(9-16)22-30-31-23(36-22)26-6-4-25(5-7-26,13-34-26)12-19(33)21-11-18(32)17-10-15(27)2-3-20(17)35-21/h2-3,10,14,16,21H,4-9,11-13H2,1H3. The van der Waals surface area contributed by atoms with Crippen molar-refractivity contribution in [2.24, 2.45) is 5.41 Å². The average Bonchev–Trinajstić information content (AvgIpc) is 3.32. The summed E-state index contributed by atoms with van der Waals surface area (Å²) < 4.78 is 48.9. The third-order valence-electron chi connectivity index (χ3n) is 8.21. The van der Waals surface area contributed by atoms with Gasteiger partial charge >= 0.3 is 6.11 Å². The maximum absolute atomic E-state index is 13.2. The van der Waals surface area contributed by atoms with E-state index in [1.54, 1.807) is 18.2 Å². The first-order valence-electron chi connectivity index (χ1n) is 12.6. The largest absolute Gasteiger partial charge is 0.481 e. The van der Waals surface area contributed by atoms with Crippen molar-refractivity contribution < 1.29 is 37.0 Å². The van der Waals surface area contributed by atoms with Crippen molar-refractivity contribution in [2.45, 2.75) is 88.1 Å². The molecule has 198 valence electrons. The highest BCUT2D eigenvalue weighted by Gasteiger charge is 2.55. The van der Waals surface area contributed by atoms with Gasteiger partial charge in [0.25, 0.3) is 0 Å². The predicted octanol–water partition coefficient (Wildman–Crippen LogP) is 5.38. The van der Waals surface area contributed by atoms with Crippen LogP contribution in [0.5, 0.6) is 5.75 Å². The minimum atomic E-state index is -3.15. The predicted molar refractivity (Wildman–Crippen MR) is 125 cm³/mol. The number of alkyl halides is 2. The van der Waals surface area contributed by atoms with Crippen molar-refractivity contribution in [3.63, 3.8) is 0 Å². The van der Waals surface area contributed by atoms with Crippen LogP contribution in [0.25, 0.3) is 0 Å². The molecule has 7 rings (SSSR count). The molecule has 3 aliphatic heterocycles. The van der Waals surface area contributed by atoms with E-state index < -0.39 is 23.9 Å². The number of carbonyl (C=O) groups is 2. The summed E-state index contributed by atoms with van der Waals surface area (Å²) in [6, 6.07) is 4.83. The molecule has 1 aromatic carbocycles. The van der Waals surface area contributed by atoms with Crippen LogP contribution in [-0.4, -0.2) is 46.7 Å². The first-order chi connectivity index (χ1) is 17.5. The number of aromatic nitrogens is 2. The maximum atomic E-state index is 13.2. The van der Waals surface area contributed by atoms with Crippen LogP contribution >= 0.6 is 11.6 Å². The number of carbonyl (C=O) groups excluding carboxylic acids is 2. The van der Waals surface area contributed by atoms with Crippen LogP contribution in [0, 0.1) is 5.41 Å². The summed E-state index contributed by atoms with van der Waals surface area (Å²) in [4.78, 5) is 25.8. The van der Waals surface area contributed by atoms with Crippen LogP contribution in [0.3, 0.4) is 0 Å². The third kappa shape index (κ3) is 4.68. The average molecular weight is 537 g/mol. The molecule has 2 saturated carbocycles. The number of Topliss-reactive ketones (excluding diaryl/α,β-unsaturated/α-hetero) is 2. The Bertz CT molecular complexity index is 1210. The summed E-state index contributed by atoms with van der Waals surface area (Å²) >= 11 is 5.99. The number of nitrogens with zero attached hydrogens (tertiary/aromatic N) is 2. The number of hydrogen-bond donors (Lipinski definition) is 0. The quantitative estimate of drug-likeness (QED) is 0.465. The fourth-order valence-electron chi connectivity index (χ4n) is 5.97. The van der Waals surface area contributed by atoms with E-state index in [1.165, 1.54) is 0 Å². The number of ketones is 2. The molecule has 0 spiro atoms. The Morgan fingerprint density at radius 2 is 1.97 bits per heavy atom. The monoisotopic (exact) mass is 536 g/mol. The zero-order valence-corrected chi connectivity index (χ0v) is 21.1. The summed E-state index contributed by atoms with van der Waals surface area (Å²) in [6.45, 7) is 1.10. The van der Waals surface area contributed by atoms with Crippen LogP contribution in [0.1, 0.15) is 86.3 Å². The van der Waals surface area contributed by atoms with Crippen molar-refractivity contribution in [3.05, 3.63) is 40.6 Å². The smallest absolute Gasteiger partial charge is 0.353 e. The van der Waals surface area contributed by atoms with Gasteiger partial charge in [0.2, 0.25) is 11.8 Å². The fraction of sp³-hybridized carbons (Fsp3) is 0.615. The van der Waals surface area contributed by atoms with Crippen molar-refractivity contribution in [2.75, 3.05) is 6.61 Å². The summed E-state index contributed by atoms with van der Waals surface area (Å²) in [5.41, 5.74) is -0.606. The molecular formula is C26H27ClF2N2O6. The molecule has 2 saturated heterocycles. The second-order valence-electron chi connectivity index (χ2n) is 11.0. The zero-order chi connectivity index (χ0) is 26.0. The van der Waals surface area contributed by atoms with E-state index in [1.807, 2.05) is 0 Å². The van der Waals surface area contributed by atoms with Crippen molar-refractivity contribution in [3.8, 4) is 5.75 Å².